The molecular formula is C22H29N3O2. The van der Waals surface area contributed by atoms with Crippen LogP contribution in [0.1, 0.15) is 18.5 Å². The smallest absolute Gasteiger partial charge is 0.236 e. The molecule has 1 fully saturated rings. The van der Waals surface area contributed by atoms with Crippen molar-refractivity contribution in [1.29, 1.82) is 0 Å². The number of amides is 1. The molecule has 1 aliphatic rings. The topological polar surface area (TPSA) is 36.0 Å². The molecule has 0 radical (unpaired) electrons. The van der Waals surface area contributed by atoms with Gasteiger partial charge < -0.3 is 14.5 Å². The van der Waals surface area contributed by atoms with E-state index in [4.69, 9.17) is 4.74 Å². The fourth-order valence-corrected chi connectivity index (χ4v) is 3.45. The molecule has 1 amide bonds. The minimum absolute atomic E-state index is 0.0803. The van der Waals surface area contributed by atoms with E-state index in [1.165, 1.54) is 5.69 Å². The van der Waals surface area contributed by atoms with Crippen LogP contribution in [0.2, 0.25) is 0 Å². The Labute approximate surface area is 162 Å². The lowest BCUT2D eigenvalue weighted by Gasteiger charge is -2.37. The lowest BCUT2D eigenvalue weighted by Crippen LogP contribution is -2.50. The van der Waals surface area contributed by atoms with Crippen LogP contribution in [0.5, 0.6) is 5.75 Å². The number of anilines is 1. The number of nitrogens with zero attached hydrogens (tertiary/aromatic N) is 3. The third kappa shape index (κ3) is 4.80. The van der Waals surface area contributed by atoms with Crippen molar-refractivity contribution in [1.82, 2.24) is 9.80 Å². The second-order valence-electron chi connectivity index (χ2n) is 7.06. The number of methoxy groups -OCH3 is 1. The van der Waals surface area contributed by atoms with Gasteiger partial charge in [-0.25, -0.2) is 0 Å². The highest BCUT2D eigenvalue weighted by Crippen LogP contribution is 2.22. The zero-order valence-electron chi connectivity index (χ0n) is 16.5. The highest BCUT2D eigenvalue weighted by atomic mass is 16.5. The average Bonchev–Trinajstić information content (AvgIpc) is 2.73. The van der Waals surface area contributed by atoms with Crippen LogP contribution in [-0.4, -0.2) is 62.6 Å². The first-order chi connectivity index (χ1) is 13.1. The zero-order valence-corrected chi connectivity index (χ0v) is 16.5. The lowest BCUT2D eigenvalue weighted by molar-refractivity contribution is -0.133. The number of ether oxygens (including phenoxy) is 1. The molecule has 0 saturated carbocycles. The summed E-state index contributed by atoms with van der Waals surface area (Å²) in [4.78, 5) is 19.2. The molecule has 3 rings (SSSR count). The molecule has 2 aromatic carbocycles. The summed E-state index contributed by atoms with van der Waals surface area (Å²) >= 11 is 0. The molecule has 1 atom stereocenters. The number of benzene rings is 2. The highest BCUT2D eigenvalue weighted by Gasteiger charge is 2.23. The van der Waals surface area contributed by atoms with E-state index in [9.17, 15) is 4.79 Å². The average molecular weight is 367 g/mol. The van der Waals surface area contributed by atoms with E-state index in [1.807, 2.05) is 42.3 Å². The lowest BCUT2D eigenvalue weighted by atomic mass is 10.1. The SMILES string of the molecule is COc1cccc(N2CCN(CC(=O)N(C)[C@H](C)c3ccccc3)CC2)c1. The number of likely N-dealkylation sites (N-methyl/N-ethyl adjacent to an activating group) is 1. The number of hydrogen-bond donors (Lipinski definition) is 0. The molecule has 5 heteroatoms. The van der Waals surface area contributed by atoms with Gasteiger partial charge in [-0.05, 0) is 24.6 Å². The van der Waals surface area contributed by atoms with Crippen LogP contribution >= 0.6 is 0 Å². The first kappa shape index (κ1) is 19.2. The Kier molecular flexibility index (Phi) is 6.35. The van der Waals surface area contributed by atoms with Crippen molar-refractivity contribution in [3.63, 3.8) is 0 Å². The summed E-state index contributed by atoms with van der Waals surface area (Å²) in [5, 5.41) is 0. The van der Waals surface area contributed by atoms with Crippen LogP contribution in [0.4, 0.5) is 5.69 Å². The van der Waals surface area contributed by atoms with Crippen LogP contribution in [0.15, 0.2) is 54.6 Å². The summed E-state index contributed by atoms with van der Waals surface area (Å²) in [5.74, 6) is 1.04. The molecule has 0 N–H and O–H groups in total. The summed E-state index contributed by atoms with van der Waals surface area (Å²) in [6.07, 6.45) is 0. The highest BCUT2D eigenvalue weighted by molar-refractivity contribution is 5.78. The monoisotopic (exact) mass is 367 g/mol. The van der Waals surface area contributed by atoms with Crippen molar-refractivity contribution < 1.29 is 9.53 Å². The summed E-state index contributed by atoms with van der Waals surface area (Å²) in [6.45, 7) is 6.15. The van der Waals surface area contributed by atoms with Crippen molar-refractivity contribution in [3.8, 4) is 5.75 Å². The fourth-order valence-electron chi connectivity index (χ4n) is 3.45. The second-order valence-corrected chi connectivity index (χ2v) is 7.06. The minimum atomic E-state index is 0.0803. The number of carbonyl (C=O) groups excluding carboxylic acids is 1. The Balaban J connectivity index is 1.51. The van der Waals surface area contributed by atoms with Gasteiger partial charge in [0.1, 0.15) is 5.75 Å². The van der Waals surface area contributed by atoms with Gasteiger partial charge in [-0.3, -0.25) is 9.69 Å². The molecule has 1 heterocycles. The molecular weight excluding hydrogens is 338 g/mol. The molecule has 1 saturated heterocycles. The van der Waals surface area contributed by atoms with E-state index >= 15 is 0 Å². The van der Waals surface area contributed by atoms with Gasteiger partial charge >= 0.3 is 0 Å². The van der Waals surface area contributed by atoms with Gasteiger partial charge in [-0.15, -0.1) is 0 Å². The summed E-state index contributed by atoms with van der Waals surface area (Å²) in [7, 11) is 3.59. The predicted molar refractivity (Wildman–Crippen MR) is 109 cm³/mol. The molecule has 1 aliphatic heterocycles. The van der Waals surface area contributed by atoms with Gasteiger partial charge in [0.05, 0.1) is 19.7 Å². The summed E-state index contributed by atoms with van der Waals surface area (Å²) in [6, 6.07) is 18.4. The third-order valence-electron chi connectivity index (χ3n) is 5.41. The Morgan fingerprint density at radius 2 is 1.78 bits per heavy atom. The standard InChI is InChI=1S/C22H29N3O2/c1-18(19-8-5-4-6-9-19)23(2)22(26)17-24-12-14-25(15-13-24)20-10-7-11-21(16-20)27-3/h4-11,16,18H,12-15,17H2,1-3H3/t18-/m1/s1. The Hall–Kier alpha value is -2.53. The number of piperazine rings is 1. The van der Waals surface area contributed by atoms with Crippen molar-refractivity contribution in [3.05, 3.63) is 60.2 Å². The predicted octanol–water partition coefficient (Wildman–Crippen LogP) is 3.04. The van der Waals surface area contributed by atoms with Gasteiger partial charge in [-0.1, -0.05) is 36.4 Å². The number of carbonyl (C=O) groups is 1. The largest absolute Gasteiger partial charge is 0.497 e. The number of rotatable bonds is 6. The van der Waals surface area contributed by atoms with Crippen LogP contribution in [-0.2, 0) is 4.79 Å². The molecule has 0 aliphatic carbocycles. The normalized spacial score (nSPS) is 16.0. The van der Waals surface area contributed by atoms with Gasteiger partial charge in [0.2, 0.25) is 5.91 Å². The quantitative estimate of drug-likeness (QED) is 0.786. The molecule has 0 aromatic heterocycles. The molecule has 144 valence electrons. The van der Waals surface area contributed by atoms with Crippen molar-refractivity contribution in [2.75, 3.05) is 51.8 Å². The van der Waals surface area contributed by atoms with Crippen LogP contribution in [0.3, 0.4) is 0 Å². The summed E-state index contributed by atoms with van der Waals surface area (Å²) in [5.41, 5.74) is 2.34. The first-order valence-electron chi connectivity index (χ1n) is 9.50. The van der Waals surface area contributed by atoms with E-state index in [1.54, 1.807) is 7.11 Å². The first-order valence-corrected chi connectivity index (χ1v) is 9.50. The molecule has 0 spiro atoms. The van der Waals surface area contributed by atoms with Crippen molar-refractivity contribution >= 4 is 11.6 Å². The van der Waals surface area contributed by atoms with E-state index in [2.05, 4.69) is 41.0 Å². The Morgan fingerprint density at radius 1 is 1.07 bits per heavy atom. The van der Waals surface area contributed by atoms with Gasteiger partial charge in [0.15, 0.2) is 0 Å². The maximum absolute atomic E-state index is 12.7. The zero-order chi connectivity index (χ0) is 19.2. The van der Waals surface area contributed by atoms with Crippen molar-refractivity contribution in [2.24, 2.45) is 0 Å². The van der Waals surface area contributed by atoms with E-state index < -0.39 is 0 Å². The van der Waals surface area contributed by atoms with E-state index in [0.29, 0.717) is 6.54 Å². The second kappa shape index (κ2) is 8.91. The third-order valence-corrected chi connectivity index (χ3v) is 5.41. The van der Waals surface area contributed by atoms with Gasteiger partial charge in [-0.2, -0.15) is 0 Å². The molecule has 5 nitrogen and oxygen atoms in total. The minimum Gasteiger partial charge on any atom is -0.497 e. The van der Waals surface area contributed by atoms with Gasteiger partial charge in [0, 0.05) is 45.0 Å². The molecule has 2 aromatic rings. The maximum Gasteiger partial charge on any atom is 0.236 e. The van der Waals surface area contributed by atoms with E-state index in [0.717, 1.165) is 37.5 Å². The van der Waals surface area contributed by atoms with Gasteiger partial charge in [0.25, 0.3) is 0 Å². The molecule has 0 bridgehead atoms. The number of hydrogen-bond acceptors (Lipinski definition) is 4. The Morgan fingerprint density at radius 3 is 2.44 bits per heavy atom. The molecule has 27 heavy (non-hydrogen) atoms. The van der Waals surface area contributed by atoms with Crippen LogP contribution < -0.4 is 9.64 Å². The van der Waals surface area contributed by atoms with E-state index in [-0.39, 0.29) is 11.9 Å². The van der Waals surface area contributed by atoms with Crippen LogP contribution in [0.25, 0.3) is 0 Å². The fraction of sp³-hybridized carbons (Fsp3) is 0.409. The van der Waals surface area contributed by atoms with Crippen molar-refractivity contribution in [2.45, 2.75) is 13.0 Å². The Bertz CT molecular complexity index is 742. The summed E-state index contributed by atoms with van der Waals surface area (Å²) < 4.78 is 5.32. The van der Waals surface area contributed by atoms with Crippen LogP contribution in [0, 0.1) is 0 Å². The maximum atomic E-state index is 12.7. The molecule has 0 unspecified atom stereocenters.